The number of para-hydroxylation sites is 1. The molecule has 0 aliphatic carbocycles. The van der Waals surface area contributed by atoms with Crippen LogP contribution >= 0.6 is 0 Å². The quantitative estimate of drug-likeness (QED) is 0.797. The second-order valence-corrected chi connectivity index (χ2v) is 5.96. The average Bonchev–Trinajstić information content (AvgIpc) is 2.63. The maximum absolute atomic E-state index is 12.5. The summed E-state index contributed by atoms with van der Waals surface area (Å²) in [6.45, 7) is 5.21. The molecule has 25 heavy (non-hydrogen) atoms. The number of aryl methyl sites for hydroxylation is 1. The topological polar surface area (TPSA) is 67.4 Å². The number of hydrogen-bond donors (Lipinski definition) is 1. The molecule has 0 bridgehead atoms. The molecule has 1 aromatic carbocycles. The van der Waals surface area contributed by atoms with Gasteiger partial charge in [-0.05, 0) is 25.5 Å². The highest BCUT2D eigenvalue weighted by atomic mass is 16.5. The van der Waals surface area contributed by atoms with Crippen molar-refractivity contribution in [2.45, 2.75) is 33.2 Å². The van der Waals surface area contributed by atoms with Gasteiger partial charge in [-0.3, -0.25) is 4.79 Å². The summed E-state index contributed by atoms with van der Waals surface area (Å²) in [7, 11) is 3.45. The number of amides is 1. The van der Waals surface area contributed by atoms with Crippen molar-refractivity contribution < 1.29 is 9.53 Å². The van der Waals surface area contributed by atoms with Crippen molar-refractivity contribution in [3.63, 3.8) is 0 Å². The molecule has 2 rings (SSSR count). The smallest absolute Gasteiger partial charge is 0.272 e. The minimum Gasteiger partial charge on any atom is -0.496 e. The van der Waals surface area contributed by atoms with E-state index in [1.807, 2.05) is 31.2 Å². The highest BCUT2D eigenvalue weighted by Crippen LogP contribution is 2.18. The van der Waals surface area contributed by atoms with E-state index in [1.54, 1.807) is 25.1 Å². The molecule has 6 nitrogen and oxygen atoms in total. The molecule has 1 amide bonds. The zero-order valence-corrected chi connectivity index (χ0v) is 15.4. The maximum atomic E-state index is 12.5. The van der Waals surface area contributed by atoms with E-state index in [9.17, 15) is 4.79 Å². The Labute approximate surface area is 149 Å². The van der Waals surface area contributed by atoms with Crippen LogP contribution < -0.4 is 10.1 Å². The van der Waals surface area contributed by atoms with Gasteiger partial charge in [-0.25, -0.2) is 9.97 Å². The zero-order valence-electron chi connectivity index (χ0n) is 15.4. The number of anilines is 1. The maximum Gasteiger partial charge on any atom is 0.272 e. The van der Waals surface area contributed by atoms with Crippen molar-refractivity contribution >= 4 is 11.9 Å². The van der Waals surface area contributed by atoms with Crippen molar-refractivity contribution in [2.24, 2.45) is 0 Å². The van der Waals surface area contributed by atoms with Crippen LogP contribution in [0.3, 0.4) is 0 Å². The van der Waals surface area contributed by atoms with Gasteiger partial charge in [0.2, 0.25) is 5.95 Å². The van der Waals surface area contributed by atoms with Gasteiger partial charge in [-0.2, -0.15) is 0 Å². The van der Waals surface area contributed by atoms with Crippen molar-refractivity contribution in [2.75, 3.05) is 26.0 Å². The van der Waals surface area contributed by atoms with E-state index in [4.69, 9.17) is 4.74 Å². The van der Waals surface area contributed by atoms with E-state index in [-0.39, 0.29) is 5.91 Å². The van der Waals surface area contributed by atoms with Crippen LogP contribution in [0.25, 0.3) is 0 Å². The number of unbranched alkanes of at least 4 members (excludes halogenated alkanes) is 1. The summed E-state index contributed by atoms with van der Waals surface area (Å²) in [6, 6.07) is 9.49. The minimum atomic E-state index is -0.0840. The monoisotopic (exact) mass is 342 g/mol. The van der Waals surface area contributed by atoms with Crippen molar-refractivity contribution in [1.82, 2.24) is 14.9 Å². The Morgan fingerprint density at radius 2 is 2.04 bits per heavy atom. The number of aromatic nitrogens is 2. The molecule has 1 N–H and O–H groups in total. The first kappa shape index (κ1) is 18.7. The number of ether oxygens (including phenoxy) is 1. The first-order chi connectivity index (χ1) is 12.0. The number of methoxy groups -OCH3 is 1. The predicted octanol–water partition coefficient (Wildman–Crippen LogP) is 3.28. The number of hydrogen-bond acceptors (Lipinski definition) is 5. The number of nitrogens with one attached hydrogen (secondary N) is 1. The summed E-state index contributed by atoms with van der Waals surface area (Å²) in [4.78, 5) is 23.0. The van der Waals surface area contributed by atoms with Gasteiger partial charge in [0, 0.05) is 31.4 Å². The number of carbonyl (C=O) groups excluding carboxylic acids is 1. The Morgan fingerprint density at radius 1 is 1.28 bits per heavy atom. The molecular weight excluding hydrogens is 316 g/mol. The third-order valence-electron chi connectivity index (χ3n) is 3.90. The Balaban J connectivity index is 2.12. The SMILES string of the molecule is CCCCN(C)C(=O)c1cc(C)nc(NCc2ccccc2OC)n1. The molecule has 0 aliphatic rings. The summed E-state index contributed by atoms with van der Waals surface area (Å²) >= 11 is 0. The third kappa shape index (κ3) is 5.17. The highest BCUT2D eigenvalue weighted by Gasteiger charge is 2.15. The summed E-state index contributed by atoms with van der Waals surface area (Å²) in [5.41, 5.74) is 2.17. The molecule has 2 aromatic rings. The fourth-order valence-corrected chi connectivity index (χ4v) is 2.47. The molecule has 0 radical (unpaired) electrons. The van der Waals surface area contributed by atoms with Gasteiger partial charge in [0.1, 0.15) is 11.4 Å². The molecule has 0 saturated carbocycles. The number of benzene rings is 1. The molecule has 0 aliphatic heterocycles. The lowest BCUT2D eigenvalue weighted by atomic mass is 10.2. The molecule has 1 aromatic heterocycles. The van der Waals surface area contributed by atoms with Crippen LogP contribution in [0.15, 0.2) is 30.3 Å². The fraction of sp³-hybridized carbons (Fsp3) is 0.421. The van der Waals surface area contributed by atoms with Gasteiger partial charge in [-0.1, -0.05) is 31.5 Å². The van der Waals surface area contributed by atoms with E-state index < -0.39 is 0 Å². The molecule has 1 heterocycles. The van der Waals surface area contributed by atoms with Crippen molar-refractivity contribution in [3.8, 4) is 5.75 Å². The van der Waals surface area contributed by atoms with Gasteiger partial charge in [-0.15, -0.1) is 0 Å². The van der Waals surface area contributed by atoms with Gasteiger partial charge in [0.25, 0.3) is 5.91 Å². The Kier molecular flexibility index (Phi) is 6.74. The van der Waals surface area contributed by atoms with Crippen LogP contribution in [0.2, 0.25) is 0 Å². The van der Waals surface area contributed by atoms with Gasteiger partial charge >= 0.3 is 0 Å². The molecule has 0 saturated heterocycles. The Hall–Kier alpha value is -2.63. The summed E-state index contributed by atoms with van der Waals surface area (Å²) in [6.07, 6.45) is 2.03. The number of rotatable bonds is 8. The molecular formula is C19H26N4O2. The van der Waals surface area contributed by atoms with Crippen molar-refractivity contribution in [3.05, 3.63) is 47.3 Å². The first-order valence-electron chi connectivity index (χ1n) is 8.52. The third-order valence-corrected chi connectivity index (χ3v) is 3.90. The zero-order chi connectivity index (χ0) is 18.2. The first-order valence-corrected chi connectivity index (χ1v) is 8.52. The van der Waals surface area contributed by atoms with Gasteiger partial charge < -0.3 is 15.0 Å². The molecule has 0 unspecified atom stereocenters. The Bertz CT molecular complexity index is 718. The summed E-state index contributed by atoms with van der Waals surface area (Å²) < 4.78 is 5.35. The average molecular weight is 342 g/mol. The normalized spacial score (nSPS) is 10.4. The highest BCUT2D eigenvalue weighted by molar-refractivity contribution is 5.92. The second kappa shape index (κ2) is 9.01. The van der Waals surface area contributed by atoms with E-state index in [1.165, 1.54) is 0 Å². The molecule has 0 spiro atoms. The van der Waals surface area contributed by atoms with Crippen LogP contribution in [0.5, 0.6) is 5.75 Å². The van der Waals surface area contributed by atoms with Gasteiger partial charge in [0.15, 0.2) is 0 Å². The predicted molar refractivity (Wildman–Crippen MR) is 99.0 cm³/mol. The van der Waals surface area contributed by atoms with Crippen LogP contribution in [0.1, 0.15) is 41.5 Å². The van der Waals surface area contributed by atoms with E-state index in [0.717, 1.165) is 36.4 Å². The van der Waals surface area contributed by atoms with Crippen LogP contribution in [0.4, 0.5) is 5.95 Å². The lowest BCUT2D eigenvalue weighted by Gasteiger charge is -2.17. The summed E-state index contributed by atoms with van der Waals surface area (Å²) in [5, 5.41) is 3.18. The molecule has 0 atom stereocenters. The second-order valence-electron chi connectivity index (χ2n) is 5.96. The van der Waals surface area contributed by atoms with Crippen LogP contribution in [-0.4, -0.2) is 41.5 Å². The molecule has 134 valence electrons. The summed E-state index contributed by atoms with van der Waals surface area (Å²) in [5.74, 6) is 1.16. The lowest BCUT2D eigenvalue weighted by molar-refractivity contribution is 0.0787. The number of nitrogens with zero attached hydrogens (tertiary/aromatic N) is 3. The fourth-order valence-electron chi connectivity index (χ4n) is 2.47. The van der Waals surface area contributed by atoms with E-state index >= 15 is 0 Å². The van der Waals surface area contributed by atoms with Crippen molar-refractivity contribution in [1.29, 1.82) is 0 Å². The molecule has 6 heteroatoms. The van der Waals surface area contributed by atoms with Crippen LogP contribution in [0, 0.1) is 6.92 Å². The number of carbonyl (C=O) groups is 1. The van der Waals surface area contributed by atoms with E-state index in [0.29, 0.717) is 18.2 Å². The largest absolute Gasteiger partial charge is 0.496 e. The minimum absolute atomic E-state index is 0.0840. The lowest BCUT2D eigenvalue weighted by Crippen LogP contribution is -2.28. The van der Waals surface area contributed by atoms with Crippen LogP contribution in [-0.2, 0) is 6.54 Å². The standard InChI is InChI=1S/C19H26N4O2/c1-5-6-11-23(3)18(24)16-12-14(2)21-19(22-16)20-13-15-9-7-8-10-17(15)25-4/h7-10,12H,5-6,11,13H2,1-4H3,(H,20,21,22). The molecule has 0 fully saturated rings. The van der Waals surface area contributed by atoms with Gasteiger partial charge in [0.05, 0.1) is 7.11 Å². The Morgan fingerprint density at radius 3 is 2.76 bits per heavy atom. The van der Waals surface area contributed by atoms with E-state index in [2.05, 4.69) is 22.2 Å².